The molecule has 0 saturated carbocycles. The number of carbonyl (C=O) groups is 1. The SMILES string of the molecule is C[C@@H]1CCCCN1C(=O)CSc1nnc(-c2ccccc2Cl)o1. The number of rotatable bonds is 4. The lowest BCUT2D eigenvalue weighted by molar-refractivity contribution is -0.131. The third-order valence-electron chi connectivity index (χ3n) is 3.95. The van der Waals surface area contributed by atoms with Crippen LogP contribution in [0.3, 0.4) is 0 Å². The molecule has 0 unspecified atom stereocenters. The number of amides is 1. The number of aromatic nitrogens is 2. The Labute approximate surface area is 144 Å². The zero-order valence-corrected chi connectivity index (χ0v) is 14.4. The zero-order chi connectivity index (χ0) is 16.2. The van der Waals surface area contributed by atoms with Gasteiger partial charge in [0.25, 0.3) is 5.22 Å². The Kier molecular flexibility index (Phi) is 5.23. The molecule has 1 aliphatic rings. The molecule has 0 spiro atoms. The minimum atomic E-state index is 0.125. The Bertz CT molecular complexity index is 691. The van der Waals surface area contributed by atoms with E-state index in [9.17, 15) is 4.79 Å². The lowest BCUT2D eigenvalue weighted by Gasteiger charge is -2.33. The van der Waals surface area contributed by atoms with E-state index in [0.717, 1.165) is 19.4 Å². The van der Waals surface area contributed by atoms with Crippen LogP contribution in [0.1, 0.15) is 26.2 Å². The van der Waals surface area contributed by atoms with Crippen LogP contribution >= 0.6 is 23.4 Å². The molecule has 1 fully saturated rings. The van der Waals surface area contributed by atoms with Crippen molar-refractivity contribution in [3.8, 4) is 11.5 Å². The summed E-state index contributed by atoms with van der Waals surface area (Å²) >= 11 is 7.39. The maximum absolute atomic E-state index is 12.3. The van der Waals surface area contributed by atoms with E-state index in [4.69, 9.17) is 16.0 Å². The van der Waals surface area contributed by atoms with Crippen LogP contribution in [0, 0.1) is 0 Å². The Morgan fingerprint density at radius 2 is 2.22 bits per heavy atom. The predicted molar refractivity (Wildman–Crippen MR) is 90.5 cm³/mol. The fraction of sp³-hybridized carbons (Fsp3) is 0.438. The summed E-state index contributed by atoms with van der Waals surface area (Å²) in [6.07, 6.45) is 3.36. The molecule has 5 nitrogen and oxygen atoms in total. The Hall–Kier alpha value is -1.53. The van der Waals surface area contributed by atoms with Crippen molar-refractivity contribution in [3.63, 3.8) is 0 Å². The average Bonchev–Trinajstić information content (AvgIpc) is 3.02. The van der Waals surface area contributed by atoms with Gasteiger partial charge in [0.1, 0.15) is 0 Å². The van der Waals surface area contributed by atoms with Gasteiger partial charge in [-0.15, -0.1) is 10.2 Å². The molecule has 2 aromatic rings. The molecular weight excluding hydrogens is 334 g/mol. The summed E-state index contributed by atoms with van der Waals surface area (Å²) in [4.78, 5) is 14.3. The van der Waals surface area contributed by atoms with E-state index in [-0.39, 0.29) is 5.91 Å². The van der Waals surface area contributed by atoms with Gasteiger partial charge in [-0.2, -0.15) is 0 Å². The number of thioether (sulfide) groups is 1. The summed E-state index contributed by atoms with van der Waals surface area (Å²) in [6.45, 7) is 2.94. The number of nitrogens with zero attached hydrogens (tertiary/aromatic N) is 3. The molecule has 0 aliphatic carbocycles. The van der Waals surface area contributed by atoms with E-state index in [2.05, 4.69) is 17.1 Å². The maximum Gasteiger partial charge on any atom is 0.277 e. The van der Waals surface area contributed by atoms with Crippen molar-refractivity contribution in [1.82, 2.24) is 15.1 Å². The molecule has 1 aromatic carbocycles. The maximum atomic E-state index is 12.3. The highest BCUT2D eigenvalue weighted by atomic mass is 35.5. The molecule has 1 aliphatic heterocycles. The van der Waals surface area contributed by atoms with Crippen LogP contribution in [-0.2, 0) is 4.79 Å². The second kappa shape index (κ2) is 7.36. The topological polar surface area (TPSA) is 59.2 Å². The fourth-order valence-electron chi connectivity index (χ4n) is 2.69. The average molecular weight is 352 g/mol. The van der Waals surface area contributed by atoms with Gasteiger partial charge >= 0.3 is 0 Å². The summed E-state index contributed by atoms with van der Waals surface area (Å²) in [6, 6.07) is 7.62. The first-order valence-electron chi connectivity index (χ1n) is 7.66. The van der Waals surface area contributed by atoms with Gasteiger partial charge in [-0.25, -0.2) is 0 Å². The Morgan fingerprint density at radius 3 is 3.00 bits per heavy atom. The normalized spacial score (nSPS) is 18.2. The van der Waals surface area contributed by atoms with Crippen molar-refractivity contribution >= 4 is 29.3 Å². The van der Waals surface area contributed by atoms with Gasteiger partial charge in [-0.05, 0) is 38.3 Å². The van der Waals surface area contributed by atoms with Crippen molar-refractivity contribution in [1.29, 1.82) is 0 Å². The first kappa shape index (κ1) is 16.3. The van der Waals surface area contributed by atoms with Crippen molar-refractivity contribution in [2.45, 2.75) is 37.5 Å². The minimum absolute atomic E-state index is 0.125. The lowest BCUT2D eigenvalue weighted by Crippen LogP contribution is -2.42. The van der Waals surface area contributed by atoms with Crippen molar-refractivity contribution in [2.75, 3.05) is 12.3 Å². The number of carbonyl (C=O) groups excluding carboxylic acids is 1. The zero-order valence-electron chi connectivity index (χ0n) is 12.9. The highest BCUT2D eigenvalue weighted by Crippen LogP contribution is 2.29. The van der Waals surface area contributed by atoms with E-state index < -0.39 is 0 Å². The summed E-state index contributed by atoms with van der Waals surface area (Å²) < 4.78 is 5.60. The van der Waals surface area contributed by atoms with Crippen LogP contribution in [0.5, 0.6) is 0 Å². The Morgan fingerprint density at radius 1 is 1.39 bits per heavy atom. The fourth-order valence-corrected chi connectivity index (χ4v) is 3.55. The molecule has 0 radical (unpaired) electrons. The third-order valence-corrected chi connectivity index (χ3v) is 5.09. The van der Waals surface area contributed by atoms with Gasteiger partial charge in [0, 0.05) is 12.6 Å². The quantitative estimate of drug-likeness (QED) is 0.782. The molecule has 3 rings (SSSR count). The molecule has 1 amide bonds. The van der Waals surface area contributed by atoms with Crippen LogP contribution < -0.4 is 0 Å². The molecule has 1 saturated heterocycles. The number of likely N-dealkylation sites (tertiary alicyclic amines) is 1. The molecule has 1 aromatic heterocycles. The van der Waals surface area contributed by atoms with Gasteiger partial charge in [0.15, 0.2) is 0 Å². The molecular formula is C16H18ClN3O2S. The summed E-state index contributed by atoms with van der Waals surface area (Å²) in [5.41, 5.74) is 0.699. The third kappa shape index (κ3) is 3.87. The molecule has 23 heavy (non-hydrogen) atoms. The number of halogens is 1. The van der Waals surface area contributed by atoms with Crippen LogP contribution in [-0.4, -0.2) is 39.3 Å². The summed E-state index contributed by atoms with van der Waals surface area (Å²) in [5.74, 6) is 0.811. The molecule has 0 bridgehead atoms. The van der Waals surface area contributed by atoms with Gasteiger partial charge in [-0.3, -0.25) is 4.79 Å². The lowest BCUT2D eigenvalue weighted by atomic mass is 10.0. The van der Waals surface area contributed by atoms with Gasteiger partial charge in [-0.1, -0.05) is 35.5 Å². The smallest absolute Gasteiger partial charge is 0.277 e. The summed E-state index contributed by atoms with van der Waals surface area (Å²) in [7, 11) is 0. The largest absolute Gasteiger partial charge is 0.411 e. The van der Waals surface area contributed by atoms with Gasteiger partial charge in [0.05, 0.1) is 16.3 Å². The van der Waals surface area contributed by atoms with E-state index >= 15 is 0 Å². The molecule has 7 heteroatoms. The van der Waals surface area contributed by atoms with Crippen molar-refractivity contribution in [3.05, 3.63) is 29.3 Å². The summed E-state index contributed by atoms with van der Waals surface area (Å²) in [5, 5.41) is 8.94. The second-order valence-electron chi connectivity index (χ2n) is 5.57. The second-order valence-corrected chi connectivity index (χ2v) is 6.91. The predicted octanol–water partition coefficient (Wildman–Crippen LogP) is 3.88. The van der Waals surface area contributed by atoms with Crippen LogP contribution in [0.2, 0.25) is 5.02 Å². The van der Waals surface area contributed by atoms with Crippen LogP contribution in [0.25, 0.3) is 11.5 Å². The molecule has 1 atom stereocenters. The van der Waals surface area contributed by atoms with Crippen LogP contribution in [0.4, 0.5) is 0 Å². The highest BCUT2D eigenvalue weighted by Gasteiger charge is 2.23. The monoisotopic (exact) mass is 351 g/mol. The molecule has 122 valence electrons. The van der Waals surface area contributed by atoms with Crippen molar-refractivity contribution < 1.29 is 9.21 Å². The van der Waals surface area contributed by atoms with Crippen LogP contribution in [0.15, 0.2) is 33.9 Å². The molecule has 2 heterocycles. The molecule has 0 N–H and O–H groups in total. The van der Waals surface area contributed by atoms with E-state index in [0.29, 0.717) is 33.5 Å². The minimum Gasteiger partial charge on any atom is -0.411 e. The number of hydrogen-bond donors (Lipinski definition) is 0. The van der Waals surface area contributed by atoms with E-state index in [1.165, 1.54) is 18.2 Å². The number of hydrogen-bond acceptors (Lipinski definition) is 5. The first-order valence-corrected chi connectivity index (χ1v) is 9.02. The Balaban J connectivity index is 1.61. The van der Waals surface area contributed by atoms with E-state index in [1.807, 2.05) is 23.1 Å². The first-order chi connectivity index (χ1) is 11.1. The number of benzene rings is 1. The van der Waals surface area contributed by atoms with Gasteiger partial charge in [0.2, 0.25) is 11.8 Å². The van der Waals surface area contributed by atoms with Gasteiger partial charge < -0.3 is 9.32 Å². The number of piperidine rings is 1. The highest BCUT2D eigenvalue weighted by molar-refractivity contribution is 7.99. The van der Waals surface area contributed by atoms with E-state index in [1.54, 1.807) is 6.07 Å². The van der Waals surface area contributed by atoms with Crippen molar-refractivity contribution in [2.24, 2.45) is 0 Å². The standard InChI is InChI=1S/C16H18ClN3O2S/c1-11-6-4-5-9-20(11)14(21)10-23-16-19-18-15(22-16)12-7-2-3-8-13(12)17/h2-3,7-8,11H,4-6,9-10H2,1H3/t11-/m1/s1.